The van der Waals surface area contributed by atoms with Crippen molar-refractivity contribution in [3.8, 4) is 0 Å². The minimum Gasteiger partial charge on any atom is -0.350 e. The molecular formula is C11H18N4O4S. The van der Waals surface area contributed by atoms with Gasteiger partial charge >= 0.3 is 0 Å². The van der Waals surface area contributed by atoms with E-state index in [4.69, 9.17) is 0 Å². The van der Waals surface area contributed by atoms with E-state index in [0.29, 0.717) is 19.4 Å². The molecule has 2 rings (SSSR count). The molecule has 112 valence electrons. The first-order valence-electron chi connectivity index (χ1n) is 6.60. The number of hydrazone groups is 1. The van der Waals surface area contributed by atoms with Crippen LogP contribution < -0.4 is 10.7 Å². The van der Waals surface area contributed by atoms with Crippen molar-refractivity contribution in [1.29, 1.82) is 0 Å². The van der Waals surface area contributed by atoms with Crippen LogP contribution in [0, 0.1) is 0 Å². The molecule has 2 aliphatic rings. The Morgan fingerprint density at radius 2 is 2.15 bits per heavy atom. The lowest BCUT2D eigenvalue weighted by Crippen LogP contribution is -2.44. The average molecular weight is 302 g/mol. The molecule has 2 aliphatic heterocycles. The van der Waals surface area contributed by atoms with E-state index in [1.165, 1.54) is 4.31 Å². The van der Waals surface area contributed by atoms with Crippen molar-refractivity contribution >= 4 is 27.5 Å². The molecule has 0 unspecified atom stereocenters. The highest BCUT2D eigenvalue weighted by molar-refractivity contribution is 7.89. The van der Waals surface area contributed by atoms with Gasteiger partial charge in [-0.2, -0.15) is 5.10 Å². The smallest absolute Gasteiger partial charge is 0.267 e. The zero-order chi connectivity index (χ0) is 14.6. The Bertz CT molecular complexity index is 529. The van der Waals surface area contributed by atoms with Gasteiger partial charge in [-0.05, 0) is 12.8 Å². The van der Waals surface area contributed by atoms with Gasteiger partial charge in [-0.25, -0.2) is 18.1 Å². The summed E-state index contributed by atoms with van der Waals surface area (Å²) in [5, 5.41) is 6.30. The standard InChI is InChI=1S/C11H18N4O4S/c16-10-4-3-9(13-14-10)11(17)12-5-7-15-6-1-2-8-20(15,18)19/h1-8H2,(H,12,17)(H,14,16). The molecule has 2 amide bonds. The van der Waals surface area contributed by atoms with E-state index < -0.39 is 10.0 Å². The zero-order valence-corrected chi connectivity index (χ0v) is 11.9. The van der Waals surface area contributed by atoms with E-state index in [1.807, 2.05) is 0 Å². The van der Waals surface area contributed by atoms with Crippen LogP contribution in [-0.2, 0) is 19.6 Å². The third-order valence-electron chi connectivity index (χ3n) is 3.27. The number of sulfonamides is 1. The van der Waals surface area contributed by atoms with Gasteiger partial charge in [0.15, 0.2) is 0 Å². The summed E-state index contributed by atoms with van der Waals surface area (Å²) in [5.74, 6) is -0.389. The molecule has 20 heavy (non-hydrogen) atoms. The van der Waals surface area contributed by atoms with Gasteiger partial charge in [-0.1, -0.05) is 0 Å². The van der Waals surface area contributed by atoms with E-state index in [0.717, 1.165) is 6.42 Å². The van der Waals surface area contributed by atoms with E-state index in [-0.39, 0.29) is 42.8 Å². The van der Waals surface area contributed by atoms with Crippen molar-refractivity contribution in [3.63, 3.8) is 0 Å². The fraction of sp³-hybridized carbons (Fsp3) is 0.727. The van der Waals surface area contributed by atoms with Gasteiger partial charge in [-0.15, -0.1) is 0 Å². The summed E-state index contributed by atoms with van der Waals surface area (Å²) in [7, 11) is -3.16. The number of rotatable bonds is 4. The quantitative estimate of drug-likeness (QED) is 0.679. The first-order chi connectivity index (χ1) is 9.49. The molecule has 0 aromatic rings. The van der Waals surface area contributed by atoms with Crippen LogP contribution in [0.15, 0.2) is 5.10 Å². The predicted molar refractivity (Wildman–Crippen MR) is 72.4 cm³/mol. The fourth-order valence-corrected chi connectivity index (χ4v) is 3.73. The second-order valence-electron chi connectivity index (χ2n) is 4.77. The predicted octanol–water partition coefficient (Wildman–Crippen LogP) is -1.21. The Morgan fingerprint density at radius 3 is 2.80 bits per heavy atom. The molecule has 9 heteroatoms. The number of nitrogens with zero attached hydrogens (tertiary/aromatic N) is 2. The minimum absolute atomic E-state index is 0.180. The molecule has 1 fully saturated rings. The molecule has 0 aromatic heterocycles. The van der Waals surface area contributed by atoms with Crippen molar-refractivity contribution in [3.05, 3.63) is 0 Å². The number of hydrogen-bond acceptors (Lipinski definition) is 5. The third-order valence-corrected chi connectivity index (χ3v) is 5.22. The number of amides is 2. The maximum absolute atomic E-state index is 11.7. The lowest BCUT2D eigenvalue weighted by atomic mass is 10.1. The molecule has 2 heterocycles. The van der Waals surface area contributed by atoms with Gasteiger partial charge in [0.1, 0.15) is 5.71 Å². The number of hydrogen-bond donors (Lipinski definition) is 2. The molecule has 0 radical (unpaired) electrons. The summed E-state index contributed by atoms with van der Waals surface area (Å²) in [6.45, 7) is 1.02. The molecule has 0 spiro atoms. The SMILES string of the molecule is O=C1CCC(C(=O)NCCN2CCCCS2(=O)=O)=NN1. The normalized spacial score (nSPS) is 22.8. The summed E-state index contributed by atoms with van der Waals surface area (Å²) in [5.41, 5.74) is 2.52. The Hall–Kier alpha value is -1.48. The molecule has 8 nitrogen and oxygen atoms in total. The highest BCUT2D eigenvalue weighted by Gasteiger charge is 2.25. The summed E-state index contributed by atoms with van der Waals surface area (Å²) < 4.78 is 24.9. The Kier molecular flexibility index (Phi) is 4.71. The van der Waals surface area contributed by atoms with Gasteiger partial charge in [0, 0.05) is 32.5 Å². The monoisotopic (exact) mass is 302 g/mol. The lowest BCUT2D eigenvalue weighted by molar-refractivity contribution is -0.121. The van der Waals surface area contributed by atoms with Gasteiger partial charge in [-0.3, -0.25) is 9.59 Å². The van der Waals surface area contributed by atoms with E-state index in [1.54, 1.807) is 0 Å². The van der Waals surface area contributed by atoms with Crippen LogP contribution in [-0.4, -0.2) is 55.6 Å². The van der Waals surface area contributed by atoms with Gasteiger partial charge in [0.05, 0.1) is 5.75 Å². The highest BCUT2D eigenvalue weighted by atomic mass is 32.2. The number of carbonyl (C=O) groups is 2. The largest absolute Gasteiger partial charge is 0.350 e. The maximum atomic E-state index is 11.7. The molecular weight excluding hydrogens is 284 g/mol. The van der Waals surface area contributed by atoms with Crippen LogP contribution in [0.2, 0.25) is 0 Å². The van der Waals surface area contributed by atoms with Crippen molar-refractivity contribution in [1.82, 2.24) is 15.0 Å². The zero-order valence-electron chi connectivity index (χ0n) is 11.1. The molecule has 0 bridgehead atoms. The molecule has 0 aliphatic carbocycles. The maximum Gasteiger partial charge on any atom is 0.267 e. The van der Waals surface area contributed by atoms with Crippen molar-refractivity contribution in [2.24, 2.45) is 5.10 Å². The second kappa shape index (κ2) is 6.31. The van der Waals surface area contributed by atoms with Gasteiger partial charge in [0.2, 0.25) is 15.9 Å². The van der Waals surface area contributed by atoms with Gasteiger partial charge < -0.3 is 5.32 Å². The van der Waals surface area contributed by atoms with Crippen LogP contribution in [0.3, 0.4) is 0 Å². The van der Waals surface area contributed by atoms with Crippen LogP contribution in [0.1, 0.15) is 25.7 Å². The van der Waals surface area contributed by atoms with Gasteiger partial charge in [0.25, 0.3) is 5.91 Å². The van der Waals surface area contributed by atoms with Crippen molar-refractivity contribution < 1.29 is 18.0 Å². The molecule has 0 aromatic carbocycles. The summed E-state index contributed by atoms with van der Waals surface area (Å²) in [6, 6.07) is 0. The number of nitrogens with one attached hydrogen (secondary N) is 2. The highest BCUT2D eigenvalue weighted by Crippen LogP contribution is 2.12. The topological polar surface area (TPSA) is 108 Å². The third kappa shape index (κ3) is 3.76. The lowest BCUT2D eigenvalue weighted by Gasteiger charge is -2.26. The fourth-order valence-electron chi connectivity index (χ4n) is 2.13. The van der Waals surface area contributed by atoms with Crippen molar-refractivity contribution in [2.45, 2.75) is 25.7 Å². The Labute approximate surface area is 117 Å². The molecule has 1 saturated heterocycles. The summed E-state index contributed by atoms with van der Waals surface area (Å²) in [6.07, 6.45) is 2.10. The minimum atomic E-state index is -3.16. The molecule has 0 saturated carbocycles. The molecule has 0 atom stereocenters. The number of carbonyl (C=O) groups excluding carboxylic acids is 2. The van der Waals surface area contributed by atoms with Crippen molar-refractivity contribution in [2.75, 3.05) is 25.4 Å². The van der Waals surface area contributed by atoms with Crippen LogP contribution in [0.25, 0.3) is 0 Å². The summed E-state index contributed by atoms with van der Waals surface area (Å²) >= 11 is 0. The molecule has 2 N–H and O–H groups in total. The van der Waals surface area contributed by atoms with Crippen LogP contribution >= 0.6 is 0 Å². The first kappa shape index (κ1) is 14.9. The van der Waals surface area contributed by atoms with E-state index in [9.17, 15) is 18.0 Å². The summed E-state index contributed by atoms with van der Waals surface area (Å²) in [4.78, 5) is 22.6. The first-order valence-corrected chi connectivity index (χ1v) is 8.21. The van der Waals surface area contributed by atoms with E-state index in [2.05, 4.69) is 15.8 Å². The van der Waals surface area contributed by atoms with Crippen LogP contribution in [0.4, 0.5) is 0 Å². The second-order valence-corrected chi connectivity index (χ2v) is 6.86. The Balaban J connectivity index is 1.78. The van der Waals surface area contributed by atoms with Crippen LogP contribution in [0.5, 0.6) is 0 Å². The van der Waals surface area contributed by atoms with E-state index >= 15 is 0 Å². The average Bonchev–Trinajstić information content (AvgIpc) is 2.41. The Morgan fingerprint density at radius 1 is 1.35 bits per heavy atom.